The van der Waals surface area contributed by atoms with Crippen LogP contribution in [0.5, 0.6) is 0 Å². The number of hydrogen-bond acceptors (Lipinski definition) is 0. The van der Waals surface area contributed by atoms with Gasteiger partial charge in [-0.05, 0) is 36.1 Å². The Labute approximate surface area is 80.9 Å². The minimum absolute atomic E-state index is 0.155. The zero-order valence-corrected chi connectivity index (χ0v) is 8.86. The molecule has 2 heteroatoms. The zero-order valence-electron chi connectivity index (χ0n) is 7.27. The third kappa shape index (κ3) is 2.07. The molecular formula is C10H12BrF. The Hall–Kier alpha value is -0.370. The highest BCUT2D eigenvalue weighted by atomic mass is 79.9. The number of benzene rings is 1. The summed E-state index contributed by atoms with van der Waals surface area (Å²) in [6.45, 7) is 4.06. The van der Waals surface area contributed by atoms with Crippen molar-refractivity contribution in [1.82, 2.24) is 0 Å². The summed E-state index contributed by atoms with van der Waals surface area (Å²) in [7, 11) is 0. The summed E-state index contributed by atoms with van der Waals surface area (Å²) in [5.74, 6) is 0.295. The first kappa shape index (κ1) is 9.72. The summed E-state index contributed by atoms with van der Waals surface area (Å²) in [6.07, 6.45) is 0. The molecule has 1 aromatic carbocycles. The summed E-state index contributed by atoms with van der Waals surface area (Å²) in [5, 5.41) is 0.916. The minimum atomic E-state index is -0.155. The number of rotatable bonds is 2. The molecule has 0 radical (unpaired) electrons. The van der Waals surface area contributed by atoms with E-state index in [1.165, 1.54) is 11.6 Å². The van der Waals surface area contributed by atoms with E-state index in [0.717, 1.165) is 10.9 Å². The van der Waals surface area contributed by atoms with Crippen LogP contribution in [0.4, 0.5) is 4.39 Å². The van der Waals surface area contributed by atoms with Gasteiger partial charge in [0.05, 0.1) is 0 Å². The van der Waals surface area contributed by atoms with Gasteiger partial charge in [-0.2, -0.15) is 0 Å². The van der Waals surface area contributed by atoms with Crippen LogP contribution in [-0.2, 0) is 0 Å². The van der Waals surface area contributed by atoms with Crippen molar-refractivity contribution in [3.63, 3.8) is 0 Å². The molecular weight excluding hydrogens is 219 g/mol. The maximum Gasteiger partial charge on any atom is 0.123 e. The molecule has 0 saturated carbocycles. The molecule has 0 aromatic heterocycles. The molecule has 0 N–H and O–H groups in total. The normalized spacial score (nSPS) is 13.0. The molecule has 0 heterocycles. The van der Waals surface area contributed by atoms with Crippen LogP contribution in [-0.4, -0.2) is 5.33 Å². The largest absolute Gasteiger partial charge is 0.207 e. The molecule has 1 aromatic rings. The molecule has 0 aliphatic heterocycles. The van der Waals surface area contributed by atoms with Gasteiger partial charge in [-0.25, -0.2) is 4.39 Å². The van der Waals surface area contributed by atoms with Gasteiger partial charge in [-0.15, -0.1) is 0 Å². The molecule has 0 spiro atoms. The van der Waals surface area contributed by atoms with E-state index in [-0.39, 0.29) is 5.82 Å². The van der Waals surface area contributed by atoms with Gasteiger partial charge in [0.15, 0.2) is 0 Å². The summed E-state index contributed by atoms with van der Waals surface area (Å²) >= 11 is 3.41. The van der Waals surface area contributed by atoms with Gasteiger partial charge in [-0.3, -0.25) is 0 Å². The lowest BCUT2D eigenvalue weighted by atomic mass is 9.98. The van der Waals surface area contributed by atoms with Crippen LogP contribution in [0.25, 0.3) is 0 Å². The lowest BCUT2D eigenvalue weighted by molar-refractivity contribution is 0.625. The van der Waals surface area contributed by atoms with E-state index in [1.54, 1.807) is 6.07 Å². The topological polar surface area (TPSA) is 0 Å². The molecule has 0 amide bonds. The Balaban J connectivity index is 3.01. The molecule has 0 nitrogen and oxygen atoms in total. The first-order valence-corrected chi connectivity index (χ1v) is 5.09. The van der Waals surface area contributed by atoms with Crippen LogP contribution in [0.15, 0.2) is 18.2 Å². The molecule has 0 fully saturated rings. The van der Waals surface area contributed by atoms with Crippen molar-refractivity contribution in [3.05, 3.63) is 35.1 Å². The van der Waals surface area contributed by atoms with Gasteiger partial charge in [0.25, 0.3) is 0 Å². The summed E-state index contributed by atoms with van der Waals surface area (Å²) in [6, 6.07) is 4.95. The Morgan fingerprint density at radius 2 is 2.17 bits per heavy atom. The van der Waals surface area contributed by atoms with E-state index < -0.39 is 0 Å². The van der Waals surface area contributed by atoms with Gasteiger partial charge in [0.2, 0.25) is 0 Å². The van der Waals surface area contributed by atoms with E-state index in [4.69, 9.17) is 0 Å². The highest BCUT2D eigenvalue weighted by Gasteiger charge is 2.06. The van der Waals surface area contributed by atoms with Crippen LogP contribution in [0.2, 0.25) is 0 Å². The number of halogens is 2. The van der Waals surface area contributed by atoms with Crippen molar-refractivity contribution in [3.8, 4) is 0 Å². The third-order valence-electron chi connectivity index (χ3n) is 1.99. The average molecular weight is 231 g/mol. The van der Waals surface area contributed by atoms with Crippen molar-refractivity contribution >= 4 is 15.9 Å². The lowest BCUT2D eigenvalue weighted by Crippen LogP contribution is -1.97. The van der Waals surface area contributed by atoms with Gasteiger partial charge in [0, 0.05) is 5.33 Å². The van der Waals surface area contributed by atoms with Crippen molar-refractivity contribution < 1.29 is 4.39 Å². The number of hydrogen-bond donors (Lipinski definition) is 0. The molecule has 0 aliphatic carbocycles. The Bertz CT molecular complexity index is 271. The molecule has 1 rings (SSSR count). The molecule has 1 unspecified atom stereocenters. The maximum atomic E-state index is 12.7. The van der Waals surface area contributed by atoms with Crippen molar-refractivity contribution in [1.29, 1.82) is 0 Å². The van der Waals surface area contributed by atoms with Gasteiger partial charge in [0.1, 0.15) is 5.82 Å². The van der Waals surface area contributed by atoms with Crippen molar-refractivity contribution in [2.45, 2.75) is 19.8 Å². The standard InChI is InChI=1S/C10H12BrF/c1-7-5-9(12)3-4-10(7)8(2)6-11/h3-5,8H,6H2,1-2H3. The first-order chi connectivity index (χ1) is 5.65. The van der Waals surface area contributed by atoms with Gasteiger partial charge < -0.3 is 0 Å². The Morgan fingerprint density at radius 3 is 2.67 bits per heavy atom. The third-order valence-corrected chi connectivity index (χ3v) is 2.97. The van der Waals surface area contributed by atoms with Crippen LogP contribution in [0, 0.1) is 12.7 Å². The molecule has 0 aliphatic rings. The second-order valence-corrected chi connectivity index (χ2v) is 3.70. The fraction of sp³-hybridized carbons (Fsp3) is 0.400. The monoisotopic (exact) mass is 230 g/mol. The van der Waals surface area contributed by atoms with E-state index in [9.17, 15) is 4.39 Å². The highest BCUT2D eigenvalue weighted by molar-refractivity contribution is 9.09. The van der Waals surface area contributed by atoms with Crippen molar-refractivity contribution in [2.75, 3.05) is 5.33 Å². The molecule has 1 atom stereocenters. The minimum Gasteiger partial charge on any atom is -0.207 e. The molecule has 0 saturated heterocycles. The highest BCUT2D eigenvalue weighted by Crippen LogP contribution is 2.21. The smallest absolute Gasteiger partial charge is 0.123 e. The molecule has 66 valence electrons. The zero-order chi connectivity index (χ0) is 9.14. The van der Waals surface area contributed by atoms with Crippen molar-refractivity contribution in [2.24, 2.45) is 0 Å². The van der Waals surface area contributed by atoms with E-state index in [2.05, 4.69) is 22.9 Å². The van der Waals surface area contributed by atoms with E-state index in [1.807, 2.05) is 13.0 Å². The average Bonchev–Trinajstić information content (AvgIpc) is 2.03. The fourth-order valence-electron chi connectivity index (χ4n) is 1.28. The Morgan fingerprint density at radius 1 is 1.50 bits per heavy atom. The summed E-state index contributed by atoms with van der Waals surface area (Å²) in [5.41, 5.74) is 2.25. The van der Waals surface area contributed by atoms with Crippen LogP contribution in [0.1, 0.15) is 24.0 Å². The lowest BCUT2D eigenvalue weighted by Gasteiger charge is -2.10. The molecule has 0 bridgehead atoms. The molecule has 12 heavy (non-hydrogen) atoms. The SMILES string of the molecule is Cc1cc(F)ccc1C(C)CBr. The fourth-order valence-corrected chi connectivity index (χ4v) is 1.62. The van der Waals surface area contributed by atoms with Crippen LogP contribution < -0.4 is 0 Å². The maximum absolute atomic E-state index is 12.7. The predicted octanol–water partition coefficient (Wildman–Crippen LogP) is 3.63. The Kier molecular flexibility index (Phi) is 3.27. The van der Waals surface area contributed by atoms with Gasteiger partial charge in [-0.1, -0.05) is 28.9 Å². The second-order valence-electron chi connectivity index (χ2n) is 3.06. The predicted molar refractivity (Wildman–Crippen MR) is 53.3 cm³/mol. The van der Waals surface area contributed by atoms with Crippen LogP contribution in [0.3, 0.4) is 0 Å². The quantitative estimate of drug-likeness (QED) is 0.681. The number of aryl methyl sites for hydroxylation is 1. The second kappa shape index (κ2) is 4.04. The summed E-state index contributed by atoms with van der Waals surface area (Å²) in [4.78, 5) is 0. The van der Waals surface area contributed by atoms with Gasteiger partial charge >= 0.3 is 0 Å². The van der Waals surface area contributed by atoms with Crippen LogP contribution >= 0.6 is 15.9 Å². The first-order valence-electron chi connectivity index (χ1n) is 3.97. The van der Waals surface area contributed by atoms with E-state index >= 15 is 0 Å². The van der Waals surface area contributed by atoms with E-state index in [0.29, 0.717) is 5.92 Å². The summed E-state index contributed by atoms with van der Waals surface area (Å²) < 4.78 is 12.7. The number of alkyl halides is 1.